The molecule has 148 valence electrons. The predicted octanol–water partition coefficient (Wildman–Crippen LogP) is 4.76. The molecule has 0 aromatic heterocycles. The topological polar surface area (TPSA) is 81.1 Å². The summed E-state index contributed by atoms with van der Waals surface area (Å²) in [6.07, 6.45) is 15.2. The van der Waals surface area contributed by atoms with Gasteiger partial charge in [0.1, 0.15) is 0 Å². The van der Waals surface area contributed by atoms with Crippen LogP contribution in [0.25, 0.3) is 0 Å². The average molecular weight is 362 g/mol. The van der Waals surface area contributed by atoms with Crippen LogP contribution in [-0.2, 0) is 11.2 Å². The van der Waals surface area contributed by atoms with Gasteiger partial charge in [-0.25, -0.2) is 0 Å². The third-order valence-corrected chi connectivity index (χ3v) is 4.85. The van der Waals surface area contributed by atoms with Crippen LogP contribution in [0.3, 0.4) is 0 Å². The quantitative estimate of drug-likeness (QED) is 0.394. The Hall–Kier alpha value is -1.39. The van der Waals surface area contributed by atoms with E-state index in [2.05, 4.69) is 24.4 Å². The SMILES string of the molecule is CCCCCCCCCCCCc1ccc(NC(=O)[C@@H](N)CCN)cc1. The molecule has 0 saturated heterocycles. The largest absolute Gasteiger partial charge is 0.330 e. The van der Waals surface area contributed by atoms with Gasteiger partial charge in [0.05, 0.1) is 6.04 Å². The smallest absolute Gasteiger partial charge is 0.241 e. The Kier molecular flexibility index (Phi) is 12.8. The van der Waals surface area contributed by atoms with E-state index in [0.29, 0.717) is 13.0 Å². The molecule has 0 heterocycles. The maximum Gasteiger partial charge on any atom is 0.241 e. The molecule has 1 aromatic carbocycles. The molecule has 1 atom stereocenters. The lowest BCUT2D eigenvalue weighted by Crippen LogP contribution is -2.37. The van der Waals surface area contributed by atoms with E-state index < -0.39 is 6.04 Å². The van der Waals surface area contributed by atoms with Crippen LogP contribution >= 0.6 is 0 Å². The Labute approximate surface area is 160 Å². The summed E-state index contributed by atoms with van der Waals surface area (Å²) in [4.78, 5) is 11.9. The molecule has 0 radical (unpaired) electrons. The van der Waals surface area contributed by atoms with Gasteiger partial charge in [-0.05, 0) is 43.5 Å². The van der Waals surface area contributed by atoms with Crippen LogP contribution in [0.15, 0.2) is 24.3 Å². The fourth-order valence-electron chi connectivity index (χ4n) is 3.12. The summed E-state index contributed by atoms with van der Waals surface area (Å²) < 4.78 is 0. The van der Waals surface area contributed by atoms with E-state index in [0.717, 1.165) is 12.1 Å². The summed E-state index contributed by atoms with van der Waals surface area (Å²) >= 11 is 0. The van der Waals surface area contributed by atoms with Crippen LogP contribution in [0.2, 0.25) is 0 Å². The highest BCUT2D eigenvalue weighted by molar-refractivity contribution is 5.94. The number of hydrogen-bond acceptors (Lipinski definition) is 3. The molecule has 0 bridgehead atoms. The molecule has 0 aliphatic carbocycles. The molecule has 1 rings (SSSR count). The number of carbonyl (C=O) groups is 1. The zero-order valence-corrected chi connectivity index (χ0v) is 16.6. The summed E-state index contributed by atoms with van der Waals surface area (Å²) in [6.45, 7) is 2.69. The van der Waals surface area contributed by atoms with Crippen molar-refractivity contribution in [3.63, 3.8) is 0 Å². The number of rotatable bonds is 15. The Morgan fingerprint density at radius 2 is 1.46 bits per heavy atom. The van der Waals surface area contributed by atoms with Crippen molar-refractivity contribution in [3.05, 3.63) is 29.8 Å². The molecule has 0 aliphatic heterocycles. The number of nitrogens with one attached hydrogen (secondary N) is 1. The molecule has 0 aliphatic rings. The third-order valence-electron chi connectivity index (χ3n) is 4.85. The van der Waals surface area contributed by atoms with Crippen molar-refractivity contribution >= 4 is 11.6 Å². The van der Waals surface area contributed by atoms with E-state index in [1.807, 2.05) is 12.1 Å². The second-order valence-corrected chi connectivity index (χ2v) is 7.30. The number of unbranched alkanes of at least 4 members (excludes halogenated alkanes) is 9. The monoisotopic (exact) mass is 361 g/mol. The average Bonchev–Trinajstić information content (AvgIpc) is 2.64. The second-order valence-electron chi connectivity index (χ2n) is 7.30. The van der Waals surface area contributed by atoms with Gasteiger partial charge in [0, 0.05) is 5.69 Å². The number of aryl methyl sites for hydroxylation is 1. The van der Waals surface area contributed by atoms with E-state index in [4.69, 9.17) is 11.5 Å². The highest BCUT2D eigenvalue weighted by Gasteiger charge is 2.12. The summed E-state index contributed by atoms with van der Waals surface area (Å²) in [5.74, 6) is -0.169. The van der Waals surface area contributed by atoms with E-state index in [1.54, 1.807) is 0 Å². The minimum atomic E-state index is -0.536. The number of amides is 1. The highest BCUT2D eigenvalue weighted by atomic mass is 16.2. The van der Waals surface area contributed by atoms with Gasteiger partial charge in [0.15, 0.2) is 0 Å². The Bertz CT molecular complexity index is 473. The number of carbonyl (C=O) groups excluding carboxylic acids is 1. The van der Waals surface area contributed by atoms with Crippen molar-refractivity contribution in [2.45, 2.75) is 90.0 Å². The van der Waals surface area contributed by atoms with Crippen LogP contribution in [0.1, 0.15) is 83.1 Å². The lowest BCUT2D eigenvalue weighted by atomic mass is 10.0. The van der Waals surface area contributed by atoms with Crippen LogP contribution in [0.5, 0.6) is 0 Å². The number of benzene rings is 1. The summed E-state index contributed by atoms with van der Waals surface area (Å²) in [7, 11) is 0. The second kappa shape index (κ2) is 14.7. The Morgan fingerprint density at radius 3 is 2.00 bits per heavy atom. The molecule has 4 nitrogen and oxygen atoms in total. The van der Waals surface area contributed by atoms with Crippen molar-refractivity contribution in [1.82, 2.24) is 0 Å². The van der Waals surface area contributed by atoms with E-state index in [-0.39, 0.29) is 5.91 Å². The first-order valence-electron chi connectivity index (χ1n) is 10.5. The zero-order valence-electron chi connectivity index (χ0n) is 16.6. The Balaban J connectivity index is 2.10. The molecule has 0 spiro atoms. The highest BCUT2D eigenvalue weighted by Crippen LogP contribution is 2.14. The first-order valence-corrected chi connectivity index (χ1v) is 10.5. The zero-order chi connectivity index (χ0) is 19.0. The van der Waals surface area contributed by atoms with Gasteiger partial charge >= 0.3 is 0 Å². The predicted molar refractivity (Wildman–Crippen MR) is 112 cm³/mol. The van der Waals surface area contributed by atoms with Crippen LogP contribution in [0, 0.1) is 0 Å². The Morgan fingerprint density at radius 1 is 0.923 bits per heavy atom. The van der Waals surface area contributed by atoms with E-state index >= 15 is 0 Å². The van der Waals surface area contributed by atoms with Crippen molar-refractivity contribution in [1.29, 1.82) is 0 Å². The van der Waals surface area contributed by atoms with Crippen LogP contribution < -0.4 is 16.8 Å². The van der Waals surface area contributed by atoms with Gasteiger partial charge in [-0.3, -0.25) is 4.79 Å². The van der Waals surface area contributed by atoms with E-state index in [9.17, 15) is 4.79 Å². The molecule has 4 heteroatoms. The molecule has 1 amide bonds. The van der Waals surface area contributed by atoms with E-state index in [1.165, 1.54) is 69.8 Å². The molecule has 0 fully saturated rings. The molecular weight excluding hydrogens is 322 g/mol. The first kappa shape index (κ1) is 22.7. The molecule has 26 heavy (non-hydrogen) atoms. The van der Waals surface area contributed by atoms with Gasteiger partial charge in [-0.2, -0.15) is 0 Å². The minimum Gasteiger partial charge on any atom is -0.330 e. The van der Waals surface area contributed by atoms with Gasteiger partial charge < -0.3 is 16.8 Å². The summed E-state index contributed by atoms with van der Waals surface area (Å²) in [5.41, 5.74) is 13.3. The minimum absolute atomic E-state index is 0.169. The molecule has 0 unspecified atom stereocenters. The lowest BCUT2D eigenvalue weighted by molar-refractivity contribution is -0.117. The van der Waals surface area contributed by atoms with Crippen molar-refractivity contribution < 1.29 is 4.79 Å². The summed E-state index contributed by atoms with van der Waals surface area (Å²) in [6, 6.07) is 7.57. The molecule has 0 saturated carbocycles. The molecular formula is C22H39N3O. The standard InChI is InChI=1S/C22H39N3O/c1-2-3-4-5-6-7-8-9-10-11-12-19-13-15-20(16-14-19)25-22(26)21(24)17-18-23/h13-16,21H,2-12,17-18,23-24H2,1H3,(H,25,26)/t21-/m0/s1. The van der Waals surface area contributed by atoms with Gasteiger partial charge in [-0.1, -0.05) is 76.8 Å². The number of hydrogen-bond donors (Lipinski definition) is 3. The van der Waals surface area contributed by atoms with Crippen LogP contribution in [-0.4, -0.2) is 18.5 Å². The van der Waals surface area contributed by atoms with Crippen molar-refractivity contribution in [2.75, 3.05) is 11.9 Å². The summed E-state index contributed by atoms with van der Waals surface area (Å²) in [5, 5.41) is 2.84. The van der Waals surface area contributed by atoms with Crippen LogP contribution in [0.4, 0.5) is 5.69 Å². The normalized spacial score (nSPS) is 12.1. The fourth-order valence-corrected chi connectivity index (χ4v) is 3.12. The number of anilines is 1. The fraction of sp³-hybridized carbons (Fsp3) is 0.682. The van der Waals surface area contributed by atoms with Gasteiger partial charge in [0.2, 0.25) is 5.91 Å². The van der Waals surface area contributed by atoms with Crippen molar-refractivity contribution in [3.8, 4) is 0 Å². The van der Waals surface area contributed by atoms with Gasteiger partial charge in [-0.15, -0.1) is 0 Å². The van der Waals surface area contributed by atoms with Crippen molar-refractivity contribution in [2.24, 2.45) is 11.5 Å². The maximum atomic E-state index is 11.9. The number of nitrogens with two attached hydrogens (primary N) is 2. The van der Waals surface area contributed by atoms with Gasteiger partial charge in [0.25, 0.3) is 0 Å². The molecule has 1 aromatic rings. The lowest BCUT2D eigenvalue weighted by Gasteiger charge is -2.11. The first-order chi connectivity index (χ1) is 12.7. The third kappa shape index (κ3) is 10.6. The maximum absolute atomic E-state index is 11.9. The molecule has 5 N–H and O–H groups in total.